The molecule has 4 saturated carbocycles. The molecule has 4 rings (SSSR count). The number of hydrogen-bond acceptors (Lipinski definition) is 4. The van der Waals surface area contributed by atoms with Gasteiger partial charge in [-0.3, -0.25) is 9.59 Å². The molecule has 0 aromatic carbocycles. The Morgan fingerprint density at radius 3 is 2.44 bits per heavy atom. The van der Waals surface area contributed by atoms with Crippen molar-refractivity contribution >= 4 is 11.6 Å². The molecule has 4 nitrogen and oxygen atoms in total. The predicted octanol–water partition coefficient (Wildman–Crippen LogP) is 2.89. The quantitative estimate of drug-likeness (QED) is 0.764. The molecule has 0 spiro atoms. The van der Waals surface area contributed by atoms with Gasteiger partial charge in [0.2, 0.25) is 0 Å². The molecule has 0 amide bonds. The second kappa shape index (κ2) is 5.39. The third-order valence-corrected chi connectivity index (χ3v) is 9.16. The van der Waals surface area contributed by atoms with Crippen molar-refractivity contribution in [3.63, 3.8) is 0 Å². The molecule has 0 aliphatic heterocycles. The maximum absolute atomic E-state index is 13.0. The van der Waals surface area contributed by atoms with E-state index in [1.165, 1.54) is 6.92 Å². The molecule has 0 bridgehead atoms. The van der Waals surface area contributed by atoms with Crippen molar-refractivity contribution in [3.05, 3.63) is 0 Å². The molecule has 0 heterocycles. The lowest BCUT2D eigenvalue weighted by atomic mass is 9.44. The predicted molar refractivity (Wildman–Crippen MR) is 93.8 cm³/mol. The Morgan fingerprint density at radius 2 is 1.76 bits per heavy atom. The molecule has 4 heteroatoms. The zero-order valence-electron chi connectivity index (χ0n) is 15.8. The number of hydrogen-bond donors (Lipinski definition) is 2. The number of fused-ring (bicyclic) bond motifs is 5. The fraction of sp³-hybridized carbons (Fsp3) is 0.905. The van der Waals surface area contributed by atoms with Gasteiger partial charge in [-0.15, -0.1) is 0 Å². The maximum atomic E-state index is 13.0. The van der Waals surface area contributed by atoms with Gasteiger partial charge in [0.15, 0.2) is 5.78 Å². The number of rotatable bonds is 1. The summed E-state index contributed by atoms with van der Waals surface area (Å²) in [6.45, 7) is 5.88. The van der Waals surface area contributed by atoms with Gasteiger partial charge < -0.3 is 10.2 Å². The monoisotopic (exact) mass is 348 g/mol. The molecule has 4 aliphatic rings. The molecule has 2 unspecified atom stereocenters. The summed E-state index contributed by atoms with van der Waals surface area (Å²) in [7, 11) is 0. The summed E-state index contributed by atoms with van der Waals surface area (Å²) in [6, 6.07) is 0. The van der Waals surface area contributed by atoms with Crippen LogP contribution in [0.5, 0.6) is 0 Å². The van der Waals surface area contributed by atoms with Crippen molar-refractivity contribution < 1.29 is 19.8 Å². The van der Waals surface area contributed by atoms with Crippen LogP contribution in [-0.4, -0.2) is 33.5 Å². The number of carbonyl (C=O) groups is 2. The second-order valence-corrected chi connectivity index (χ2v) is 9.95. The van der Waals surface area contributed by atoms with E-state index in [0.29, 0.717) is 31.0 Å². The second-order valence-electron chi connectivity index (χ2n) is 9.95. The molecule has 0 aromatic heterocycles. The topological polar surface area (TPSA) is 74.6 Å². The Labute approximate surface area is 150 Å². The van der Waals surface area contributed by atoms with E-state index in [0.717, 1.165) is 32.1 Å². The van der Waals surface area contributed by atoms with Crippen LogP contribution in [0, 0.1) is 34.5 Å². The van der Waals surface area contributed by atoms with Gasteiger partial charge in [-0.25, -0.2) is 0 Å². The summed E-state index contributed by atoms with van der Waals surface area (Å²) in [4.78, 5) is 25.2. The molecule has 0 aromatic rings. The largest absolute Gasteiger partial charge is 0.393 e. The van der Waals surface area contributed by atoms with E-state index >= 15 is 0 Å². The van der Waals surface area contributed by atoms with E-state index in [1.807, 2.05) is 0 Å². The van der Waals surface area contributed by atoms with Gasteiger partial charge in [-0.05, 0) is 75.0 Å². The van der Waals surface area contributed by atoms with Gasteiger partial charge >= 0.3 is 0 Å². The highest BCUT2D eigenvalue weighted by molar-refractivity contribution is 5.86. The average Bonchev–Trinajstić information content (AvgIpc) is 2.83. The third-order valence-electron chi connectivity index (χ3n) is 9.16. The van der Waals surface area contributed by atoms with Crippen LogP contribution in [0.2, 0.25) is 0 Å². The lowest BCUT2D eigenvalue weighted by Gasteiger charge is -2.60. The minimum Gasteiger partial charge on any atom is -0.393 e. The molecular weight excluding hydrogens is 316 g/mol. The smallest absolute Gasteiger partial charge is 0.161 e. The van der Waals surface area contributed by atoms with E-state index in [4.69, 9.17) is 0 Å². The average molecular weight is 348 g/mol. The molecule has 0 radical (unpaired) electrons. The zero-order valence-corrected chi connectivity index (χ0v) is 15.8. The Balaban J connectivity index is 1.69. The number of Topliss-reactive ketones (excluding diaryl/α,β-unsaturated/α-hetero) is 2. The molecule has 4 fully saturated rings. The van der Waals surface area contributed by atoms with Crippen LogP contribution in [0.4, 0.5) is 0 Å². The van der Waals surface area contributed by atoms with Gasteiger partial charge in [-0.1, -0.05) is 13.8 Å². The Morgan fingerprint density at radius 1 is 1.08 bits per heavy atom. The Kier molecular flexibility index (Phi) is 3.81. The van der Waals surface area contributed by atoms with Crippen molar-refractivity contribution in [3.8, 4) is 0 Å². The van der Waals surface area contributed by atoms with Crippen molar-refractivity contribution in [2.45, 2.75) is 83.8 Å². The van der Waals surface area contributed by atoms with Crippen LogP contribution in [0.15, 0.2) is 0 Å². The third kappa shape index (κ3) is 2.13. The molecular formula is C21H32O4. The first kappa shape index (κ1) is 17.7. The van der Waals surface area contributed by atoms with Crippen LogP contribution >= 0.6 is 0 Å². The van der Waals surface area contributed by atoms with Gasteiger partial charge in [0, 0.05) is 17.8 Å². The molecule has 0 saturated heterocycles. The number of ketones is 2. The molecule has 25 heavy (non-hydrogen) atoms. The fourth-order valence-corrected chi connectivity index (χ4v) is 7.61. The van der Waals surface area contributed by atoms with Gasteiger partial charge in [-0.2, -0.15) is 0 Å². The van der Waals surface area contributed by atoms with Crippen LogP contribution < -0.4 is 0 Å². The summed E-state index contributed by atoms with van der Waals surface area (Å²) >= 11 is 0. The minimum absolute atomic E-state index is 0.00468. The number of carbonyl (C=O) groups excluding carboxylic acids is 2. The normalized spacial score (nSPS) is 55.2. The number of aliphatic hydroxyl groups is 2. The van der Waals surface area contributed by atoms with Crippen LogP contribution in [-0.2, 0) is 9.59 Å². The first-order valence-corrected chi connectivity index (χ1v) is 10.1. The van der Waals surface area contributed by atoms with Crippen LogP contribution in [0.25, 0.3) is 0 Å². The molecule has 2 N–H and O–H groups in total. The highest BCUT2D eigenvalue weighted by Gasteiger charge is 2.67. The van der Waals surface area contributed by atoms with E-state index in [2.05, 4.69) is 13.8 Å². The molecule has 8 atom stereocenters. The standard InChI is InChI=1S/C21H32O4/c1-12(22)21(25)9-6-16-14-11-18(24)17-10-13(23)4-7-19(17,2)15(14)5-8-20(16,21)3/h13-17,23,25H,4-11H2,1-3H3/t13?,14-,15+,16+,17?,19-,20+,21+/m1/s1. The first-order chi connectivity index (χ1) is 11.6. The maximum Gasteiger partial charge on any atom is 0.161 e. The minimum atomic E-state index is -1.22. The van der Waals surface area contributed by atoms with Crippen molar-refractivity contribution in [2.24, 2.45) is 34.5 Å². The van der Waals surface area contributed by atoms with E-state index in [9.17, 15) is 19.8 Å². The summed E-state index contributed by atoms with van der Waals surface area (Å²) in [5.41, 5.74) is -1.62. The zero-order chi connectivity index (χ0) is 18.2. The Bertz CT molecular complexity index is 615. The van der Waals surface area contributed by atoms with Crippen molar-refractivity contribution in [1.82, 2.24) is 0 Å². The van der Waals surface area contributed by atoms with Gasteiger partial charge in [0.1, 0.15) is 11.4 Å². The van der Waals surface area contributed by atoms with E-state index in [1.54, 1.807) is 0 Å². The first-order valence-electron chi connectivity index (χ1n) is 10.1. The number of aliphatic hydroxyl groups excluding tert-OH is 1. The summed E-state index contributed by atoms with van der Waals surface area (Å²) in [5, 5.41) is 21.2. The van der Waals surface area contributed by atoms with Crippen molar-refractivity contribution in [2.75, 3.05) is 0 Å². The summed E-state index contributed by atoms with van der Waals surface area (Å²) in [6.07, 6.45) is 5.84. The van der Waals surface area contributed by atoms with Gasteiger partial charge in [0.25, 0.3) is 0 Å². The molecule has 140 valence electrons. The summed E-state index contributed by atoms with van der Waals surface area (Å²) in [5.74, 6) is 1.22. The lowest BCUT2D eigenvalue weighted by molar-refractivity contribution is -0.175. The SMILES string of the molecule is CC(=O)[C@@]1(O)CC[C@H]2[C@@H]3CC(=O)C4CC(O)CC[C@]4(C)[C@H]3CC[C@@]21C. The van der Waals surface area contributed by atoms with Crippen LogP contribution in [0.1, 0.15) is 72.1 Å². The summed E-state index contributed by atoms with van der Waals surface area (Å²) < 4.78 is 0. The van der Waals surface area contributed by atoms with Gasteiger partial charge in [0.05, 0.1) is 6.10 Å². The highest BCUT2D eigenvalue weighted by atomic mass is 16.3. The molecule has 4 aliphatic carbocycles. The Hall–Kier alpha value is -0.740. The highest BCUT2D eigenvalue weighted by Crippen LogP contribution is 2.67. The van der Waals surface area contributed by atoms with Crippen LogP contribution in [0.3, 0.4) is 0 Å². The fourth-order valence-electron chi connectivity index (χ4n) is 7.61. The van der Waals surface area contributed by atoms with E-state index in [-0.39, 0.29) is 35.1 Å². The lowest BCUT2D eigenvalue weighted by Crippen LogP contribution is -2.60. The van der Waals surface area contributed by atoms with Crippen molar-refractivity contribution in [1.29, 1.82) is 0 Å². The van der Waals surface area contributed by atoms with E-state index < -0.39 is 11.0 Å².